The Labute approximate surface area is 130 Å². The Morgan fingerprint density at radius 3 is 2.52 bits per heavy atom. The Kier molecular flexibility index (Phi) is 7.67. The number of nitrogens with zero attached hydrogens (tertiary/aromatic N) is 1. The molecule has 0 aliphatic heterocycles. The van der Waals surface area contributed by atoms with Gasteiger partial charge in [-0.25, -0.2) is 0 Å². The zero-order valence-corrected chi connectivity index (χ0v) is 14.6. The van der Waals surface area contributed by atoms with Gasteiger partial charge in [-0.1, -0.05) is 19.8 Å². The fourth-order valence-electron chi connectivity index (χ4n) is 3.32. The van der Waals surface area contributed by atoms with Crippen LogP contribution in [-0.2, 0) is 4.79 Å². The first-order chi connectivity index (χ1) is 9.86. The number of rotatable bonds is 7. The van der Waals surface area contributed by atoms with Crippen LogP contribution < -0.4 is 11.1 Å². The molecule has 124 valence electrons. The summed E-state index contributed by atoms with van der Waals surface area (Å²) in [6.45, 7) is 8.50. The van der Waals surface area contributed by atoms with Gasteiger partial charge in [-0.05, 0) is 59.4 Å². The van der Waals surface area contributed by atoms with Crippen molar-refractivity contribution in [1.82, 2.24) is 10.2 Å². The molecule has 0 saturated heterocycles. The lowest BCUT2D eigenvalue weighted by molar-refractivity contribution is -0.123. The van der Waals surface area contributed by atoms with E-state index >= 15 is 0 Å². The van der Waals surface area contributed by atoms with Crippen LogP contribution in [0.4, 0.5) is 0 Å². The zero-order chi connectivity index (χ0) is 16.0. The highest BCUT2D eigenvalue weighted by Gasteiger charge is 2.33. The topological polar surface area (TPSA) is 58.4 Å². The molecule has 3 N–H and O–H groups in total. The minimum Gasteiger partial charge on any atom is -0.352 e. The third-order valence-electron chi connectivity index (χ3n) is 5.01. The molecule has 0 aromatic carbocycles. The number of hydrogen-bond donors (Lipinski definition) is 2. The zero-order valence-electron chi connectivity index (χ0n) is 14.6. The third-order valence-corrected chi connectivity index (χ3v) is 5.01. The summed E-state index contributed by atoms with van der Waals surface area (Å²) in [5, 5.41) is 3.18. The summed E-state index contributed by atoms with van der Waals surface area (Å²) in [5.41, 5.74) is 5.69. The molecule has 0 aromatic heterocycles. The van der Waals surface area contributed by atoms with Crippen molar-refractivity contribution in [2.24, 2.45) is 11.7 Å². The molecular weight excluding hydrogens is 262 g/mol. The van der Waals surface area contributed by atoms with E-state index in [-0.39, 0.29) is 5.91 Å². The molecule has 0 aromatic rings. The summed E-state index contributed by atoms with van der Waals surface area (Å²) < 4.78 is 0. The number of amides is 1. The summed E-state index contributed by atoms with van der Waals surface area (Å²) in [4.78, 5) is 14.4. The van der Waals surface area contributed by atoms with Crippen LogP contribution in [0.25, 0.3) is 0 Å². The molecule has 0 heterocycles. The summed E-state index contributed by atoms with van der Waals surface area (Å²) in [6, 6.07) is 1.13. The van der Waals surface area contributed by atoms with Crippen molar-refractivity contribution in [3.63, 3.8) is 0 Å². The van der Waals surface area contributed by atoms with Gasteiger partial charge in [0, 0.05) is 18.1 Å². The summed E-state index contributed by atoms with van der Waals surface area (Å²) in [6.07, 6.45) is 7.11. The predicted molar refractivity (Wildman–Crippen MR) is 89.1 cm³/mol. The van der Waals surface area contributed by atoms with Gasteiger partial charge < -0.3 is 16.0 Å². The summed E-state index contributed by atoms with van der Waals surface area (Å²) >= 11 is 0. The van der Waals surface area contributed by atoms with Gasteiger partial charge in [0.15, 0.2) is 0 Å². The van der Waals surface area contributed by atoms with Crippen molar-refractivity contribution in [3.05, 3.63) is 0 Å². The van der Waals surface area contributed by atoms with Crippen LogP contribution in [0.2, 0.25) is 0 Å². The van der Waals surface area contributed by atoms with Gasteiger partial charge in [0.25, 0.3) is 0 Å². The SMILES string of the molecule is CCCC[C@@H]1C[C@H](N(C)C(C)C)CC[C@@H]1NC(=O)[C@@H](C)N. The van der Waals surface area contributed by atoms with Gasteiger partial charge in [-0.2, -0.15) is 0 Å². The maximum atomic E-state index is 11.9. The Balaban J connectivity index is 2.66. The maximum Gasteiger partial charge on any atom is 0.236 e. The Hall–Kier alpha value is -0.610. The lowest BCUT2D eigenvalue weighted by Gasteiger charge is -2.42. The molecule has 1 amide bonds. The molecule has 1 aliphatic carbocycles. The highest BCUT2D eigenvalue weighted by molar-refractivity contribution is 5.81. The van der Waals surface area contributed by atoms with Crippen LogP contribution in [0, 0.1) is 5.92 Å². The molecule has 4 nitrogen and oxygen atoms in total. The van der Waals surface area contributed by atoms with E-state index in [9.17, 15) is 4.79 Å². The highest BCUT2D eigenvalue weighted by Crippen LogP contribution is 2.32. The summed E-state index contributed by atoms with van der Waals surface area (Å²) in [5.74, 6) is 0.588. The average Bonchev–Trinajstić information content (AvgIpc) is 2.44. The average molecular weight is 297 g/mol. The van der Waals surface area contributed by atoms with Gasteiger partial charge in [-0.15, -0.1) is 0 Å². The molecule has 1 rings (SSSR count). The standard InChI is InChI=1S/C17H35N3O/c1-6-7-8-14-11-15(20(5)12(2)3)9-10-16(14)19-17(21)13(4)18/h12-16H,6-11,18H2,1-5H3,(H,19,21)/t13-,14-,15-,16+/m1/s1. The van der Waals surface area contributed by atoms with E-state index < -0.39 is 6.04 Å². The normalized spacial score (nSPS) is 27.9. The summed E-state index contributed by atoms with van der Waals surface area (Å²) in [7, 11) is 2.23. The van der Waals surface area contributed by atoms with Crippen LogP contribution in [0.1, 0.15) is 66.2 Å². The number of nitrogens with two attached hydrogens (primary N) is 1. The first kappa shape index (κ1) is 18.4. The van der Waals surface area contributed by atoms with E-state index in [0.717, 1.165) is 6.42 Å². The van der Waals surface area contributed by atoms with E-state index in [2.05, 4.69) is 38.0 Å². The lowest BCUT2D eigenvalue weighted by Crippen LogP contribution is -2.52. The van der Waals surface area contributed by atoms with Crippen molar-refractivity contribution in [1.29, 1.82) is 0 Å². The van der Waals surface area contributed by atoms with Crippen molar-refractivity contribution >= 4 is 5.91 Å². The fourth-order valence-corrected chi connectivity index (χ4v) is 3.32. The fraction of sp³-hybridized carbons (Fsp3) is 0.941. The van der Waals surface area contributed by atoms with Crippen LogP contribution in [-0.4, -0.2) is 42.0 Å². The number of carbonyl (C=O) groups excluding carboxylic acids is 1. The van der Waals surface area contributed by atoms with E-state index in [0.29, 0.717) is 24.0 Å². The molecule has 0 spiro atoms. The molecule has 1 aliphatic rings. The maximum absolute atomic E-state index is 11.9. The minimum atomic E-state index is -0.409. The first-order valence-corrected chi connectivity index (χ1v) is 8.64. The first-order valence-electron chi connectivity index (χ1n) is 8.64. The molecule has 1 fully saturated rings. The second kappa shape index (κ2) is 8.74. The lowest BCUT2D eigenvalue weighted by atomic mass is 9.78. The van der Waals surface area contributed by atoms with Gasteiger partial charge in [0.1, 0.15) is 0 Å². The van der Waals surface area contributed by atoms with Crippen LogP contribution >= 0.6 is 0 Å². The number of unbranched alkanes of at least 4 members (excludes halogenated alkanes) is 1. The molecular formula is C17H35N3O. The third kappa shape index (κ3) is 5.59. The van der Waals surface area contributed by atoms with E-state index in [1.165, 1.54) is 32.1 Å². The van der Waals surface area contributed by atoms with Gasteiger partial charge in [-0.3, -0.25) is 4.79 Å². The van der Waals surface area contributed by atoms with Crippen molar-refractivity contribution in [3.8, 4) is 0 Å². The van der Waals surface area contributed by atoms with Crippen molar-refractivity contribution < 1.29 is 4.79 Å². The monoisotopic (exact) mass is 297 g/mol. The molecule has 0 radical (unpaired) electrons. The Morgan fingerprint density at radius 2 is 2.00 bits per heavy atom. The van der Waals surface area contributed by atoms with Crippen LogP contribution in [0.5, 0.6) is 0 Å². The van der Waals surface area contributed by atoms with Crippen molar-refractivity contribution in [2.75, 3.05) is 7.05 Å². The number of carbonyl (C=O) groups is 1. The van der Waals surface area contributed by atoms with Crippen LogP contribution in [0.3, 0.4) is 0 Å². The second-order valence-electron chi connectivity index (χ2n) is 7.03. The number of hydrogen-bond acceptors (Lipinski definition) is 3. The highest BCUT2D eigenvalue weighted by atomic mass is 16.2. The van der Waals surface area contributed by atoms with Gasteiger partial charge >= 0.3 is 0 Å². The second-order valence-corrected chi connectivity index (χ2v) is 7.03. The largest absolute Gasteiger partial charge is 0.352 e. The van der Waals surface area contributed by atoms with E-state index in [4.69, 9.17) is 5.73 Å². The molecule has 4 atom stereocenters. The van der Waals surface area contributed by atoms with Gasteiger partial charge in [0.2, 0.25) is 5.91 Å². The van der Waals surface area contributed by atoms with Crippen molar-refractivity contribution in [2.45, 2.75) is 90.4 Å². The quantitative estimate of drug-likeness (QED) is 0.759. The minimum absolute atomic E-state index is 0.00263. The van der Waals surface area contributed by atoms with E-state index in [1.807, 2.05) is 0 Å². The molecule has 21 heavy (non-hydrogen) atoms. The molecule has 1 saturated carbocycles. The van der Waals surface area contributed by atoms with E-state index in [1.54, 1.807) is 6.92 Å². The molecule has 4 heteroatoms. The predicted octanol–water partition coefficient (Wildman–Crippen LogP) is 2.52. The smallest absolute Gasteiger partial charge is 0.236 e. The van der Waals surface area contributed by atoms with Crippen LogP contribution in [0.15, 0.2) is 0 Å². The van der Waals surface area contributed by atoms with Gasteiger partial charge in [0.05, 0.1) is 6.04 Å². The molecule has 0 bridgehead atoms. The Bertz CT molecular complexity index is 317. The number of nitrogens with one attached hydrogen (secondary N) is 1. The Morgan fingerprint density at radius 1 is 1.33 bits per heavy atom. The molecule has 0 unspecified atom stereocenters.